The van der Waals surface area contributed by atoms with Crippen molar-refractivity contribution in [1.29, 1.82) is 0 Å². The number of benzene rings is 1. The second-order valence-corrected chi connectivity index (χ2v) is 3.54. The van der Waals surface area contributed by atoms with Gasteiger partial charge in [0.15, 0.2) is 0 Å². The molecule has 0 atom stereocenters. The molecule has 1 aromatic rings. The number of carbonyl (C=O) groups is 1. The second-order valence-electron chi connectivity index (χ2n) is 3.54. The molecule has 0 bridgehead atoms. The van der Waals surface area contributed by atoms with E-state index in [1.165, 1.54) is 18.2 Å². The predicted octanol–water partition coefficient (Wildman–Crippen LogP) is 3.86. The summed E-state index contributed by atoms with van der Waals surface area (Å²) in [7, 11) is 0. The van der Waals surface area contributed by atoms with Crippen LogP contribution >= 0.6 is 0 Å². The van der Waals surface area contributed by atoms with Crippen molar-refractivity contribution in [2.75, 3.05) is 5.32 Å². The van der Waals surface area contributed by atoms with Crippen molar-refractivity contribution in [2.24, 2.45) is 0 Å². The van der Waals surface area contributed by atoms with Crippen molar-refractivity contribution in [2.45, 2.75) is 12.6 Å². The van der Waals surface area contributed by atoms with E-state index in [0.29, 0.717) is 5.69 Å². The van der Waals surface area contributed by atoms with Crippen LogP contribution < -0.4 is 5.32 Å². The highest BCUT2D eigenvalue weighted by atomic mass is 19.4. The molecule has 0 aliphatic carbocycles. The van der Waals surface area contributed by atoms with Crippen LogP contribution in [-0.4, -0.2) is 5.91 Å². The van der Waals surface area contributed by atoms with Gasteiger partial charge >= 0.3 is 6.18 Å². The Balaban J connectivity index is 3.04. The number of anilines is 1. The summed E-state index contributed by atoms with van der Waals surface area (Å²) in [5.41, 5.74) is -0.258. The SMILES string of the molecule is C=CCC(=O)Nc1ccc(C(F)(F)F)cc1C=C. The van der Waals surface area contributed by atoms with Gasteiger partial charge in [-0.1, -0.05) is 18.7 Å². The van der Waals surface area contributed by atoms with Crippen LogP contribution in [-0.2, 0) is 11.0 Å². The lowest BCUT2D eigenvalue weighted by atomic mass is 10.1. The van der Waals surface area contributed by atoms with Crippen molar-refractivity contribution in [3.05, 3.63) is 48.6 Å². The van der Waals surface area contributed by atoms with Crippen LogP contribution in [0.5, 0.6) is 0 Å². The summed E-state index contributed by atoms with van der Waals surface area (Å²) in [6, 6.07) is 3.06. The first-order valence-electron chi connectivity index (χ1n) is 5.13. The summed E-state index contributed by atoms with van der Waals surface area (Å²) in [6.45, 7) is 6.83. The van der Waals surface area contributed by atoms with Gasteiger partial charge in [-0.05, 0) is 23.8 Å². The van der Waals surface area contributed by atoms with E-state index in [1.54, 1.807) is 0 Å². The Labute approximate surface area is 103 Å². The third kappa shape index (κ3) is 3.48. The molecule has 0 aliphatic rings. The largest absolute Gasteiger partial charge is 0.416 e. The fourth-order valence-electron chi connectivity index (χ4n) is 1.35. The van der Waals surface area contributed by atoms with E-state index in [2.05, 4.69) is 18.5 Å². The molecule has 0 unspecified atom stereocenters. The Morgan fingerprint density at radius 3 is 2.50 bits per heavy atom. The van der Waals surface area contributed by atoms with Gasteiger partial charge < -0.3 is 5.32 Å². The minimum absolute atomic E-state index is 0.0948. The summed E-state index contributed by atoms with van der Waals surface area (Å²) in [5, 5.41) is 2.49. The minimum atomic E-state index is -4.42. The number of carbonyl (C=O) groups excluding carboxylic acids is 1. The van der Waals surface area contributed by atoms with E-state index in [9.17, 15) is 18.0 Å². The molecule has 0 fully saturated rings. The fourth-order valence-corrected chi connectivity index (χ4v) is 1.35. The molecule has 0 heterocycles. The molecule has 2 nitrogen and oxygen atoms in total. The number of rotatable bonds is 4. The Bertz CT molecular complexity index is 478. The Morgan fingerprint density at radius 2 is 2.00 bits per heavy atom. The average molecular weight is 255 g/mol. The van der Waals surface area contributed by atoms with E-state index in [1.807, 2.05) is 0 Å². The number of amides is 1. The summed E-state index contributed by atoms with van der Waals surface area (Å²) >= 11 is 0. The molecule has 0 aromatic heterocycles. The quantitative estimate of drug-likeness (QED) is 0.813. The number of halogens is 3. The van der Waals surface area contributed by atoms with Crippen molar-refractivity contribution in [1.82, 2.24) is 0 Å². The molecule has 0 spiro atoms. The summed E-state index contributed by atoms with van der Waals surface area (Å²) in [6.07, 6.45) is -1.65. The molecule has 96 valence electrons. The standard InChI is InChI=1S/C13H12F3NO/c1-3-5-12(18)17-11-7-6-10(13(14,15)16)8-9(11)4-2/h3-4,6-8H,1-2,5H2,(H,17,18). The summed E-state index contributed by atoms with van der Waals surface area (Å²) < 4.78 is 37.5. The van der Waals surface area contributed by atoms with E-state index in [-0.39, 0.29) is 17.9 Å². The van der Waals surface area contributed by atoms with Gasteiger partial charge in [0.25, 0.3) is 0 Å². The van der Waals surface area contributed by atoms with Crippen LogP contribution in [0.25, 0.3) is 6.08 Å². The lowest BCUT2D eigenvalue weighted by Gasteiger charge is -2.12. The summed E-state index contributed by atoms with van der Waals surface area (Å²) in [5.74, 6) is -0.340. The highest BCUT2D eigenvalue weighted by Crippen LogP contribution is 2.32. The van der Waals surface area contributed by atoms with Gasteiger partial charge in [-0.3, -0.25) is 4.79 Å². The molecule has 1 rings (SSSR count). The average Bonchev–Trinajstić information content (AvgIpc) is 2.28. The molecule has 0 radical (unpaired) electrons. The second kappa shape index (κ2) is 5.53. The van der Waals surface area contributed by atoms with Gasteiger partial charge in [-0.15, -0.1) is 6.58 Å². The maximum Gasteiger partial charge on any atom is 0.416 e. The first kappa shape index (κ1) is 14.0. The Kier molecular flexibility index (Phi) is 4.31. The zero-order chi connectivity index (χ0) is 13.8. The molecule has 1 N–H and O–H groups in total. The fraction of sp³-hybridized carbons (Fsp3) is 0.154. The van der Waals surface area contributed by atoms with E-state index < -0.39 is 11.7 Å². The van der Waals surface area contributed by atoms with Crippen LogP contribution in [0.2, 0.25) is 0 Å². The van der Waals surface area contributed by atoms with Crippen LogP contribution in [0.4, 0.5) is 18.9 Å². The topological polar surface area (TPSA) is 29.1 Å². The normalized spacial score (nSPS) is 10.8. The van der Waals surface area contributed by atoms with E-state index >= 15 is 0 Å². The molecule has 1 amide bonds. The highest BCUT2D eigenvalue weighted by Gasteiger charge is 2.30. The minimum Gasteiger partial charge on any atom is -0.325 e. The van der Waals surface area contributed by atoms with Crippen molar-refractivity contribution >= 4 is 17.7 Å². The van der Waals surface area contributed by atoms with Crippen LogP contribution in [0.15, 0.2) is 37.4 Å². The van der Waals surface area contributed by atoms with Crippen molar-refractivity contribution < 1.29 is 18.0 Å². The maximum atomic E-state index is 12.5. The van der Waals surface area contributed by atoms with E-state index in [4.69, 9.17) is 0 Å². The number of alkyl halides is 3. The third-order valence-electron chi connectivity index (χ3n) is 2.20. The molecule has 0 aliphatic heterocycles. The number of hydrogen-bond acceptors (Lipinski definition) is 1. The van der Waals surface area contributed by atoms with Crippen molar-refractivity contribution in [3.63, 3.8) is 0 Å². The van der Waals surface area contributed by atoms with E-state index in [0.717, 1.165) is 12.1 Å². The number of hydrogen-bond donors (Lipinski definition) is 1. The molecular formula is C13H12F3NO. The third-order valence-corrected chi connectivity index (χ3v) is 2.20. The Hall–Kier alpha value is -2.04. The lowest BCUT2D eigenvalue weighted by molar-refractivity contribution is -0.137. The monoisotopic (exact) mass is 255 g/mol. The molecule has 1 aromatic carbocycles. The van der Waals surface area contributed by atoms with Crippen LogP contribution in [0, 0.1) is 0 Å². The number of nitrogens with one attached hydrogen (secondary N) is 1. The van der Waals surface area contributed by atoms with Crippen molar-refractivity contribution in [3.8, 4) is 0 Å². The van der Waals surface area contributed by atoms with Gasteiger partial charge in [0, 0.05) is 12.1 Å². The zero-order valence-corrected chi connectivity index (χ0v) is 9.55. The van der Waals surface area contributed by atoms with Gasteiger partial charge in [0.1, 0.15) is 0 Å². The van der Waals surface area contributed by atoms with Gasteiger partial charge in [-0.25, -0.2) is 0 Å². The molecule has 18 heavy (non-hydrogen) atoms. The first-order chi connectivity index (χ1) is 8.38. The maximum absolute atomic E-state index is 12.5. The van der Waals surface area contributed by atoms with Crippen LogP contribution in [0.3, 0.4) is 0 Å². The predicted molar refractivity (Wildman–Crippen MR) is 65.0 cm³/mol. The molecule has 0 saturated carbocycles. The highest BCUT2D eigenvalue weighted by molar-refractivity contribution is 5.93. The Morgan fingerprint density at radius 1 is 1.33 bits per heavy atom. The molecular weight excluding hydrogens is 243 g/mol. The van der Waals surface area contributed by atoms with Crippen LogP contribution in [0.1, 0.15) is 17.5 Å². The zero-order valence-electron chi connectivity index (χ0n) is 9.55. The van der Waals surface area contributed by atoms with Gasteiger partial charge in [0.05, 0.1) is 5.56 Å². The smallest absolute Gasteiger partial charge is 0.325 e. The lowest BCUT2D eigenvalue weighted by Crippen LogP contribution is -2.12. The first-order valence-corrected chi connectivity index (χ1v) is 5.13. The summed E-state index contributed by atoms with van der Waals surface area (Å²) in [4.78, 5) is 11.3. The van der Waals surface area contributed by atoms with Gasteiger partial charge in [0.2, 0.25) is 5.91 Å². The molecule has 0 saturated heterocycles. The van der Waals surface area contributed by atoms with Gasteiger partial charge in [-0.2, -0.15) is 13.2 Å². The molecule has 5 heteroatoms.